The summed E-state index contributed by atoms with van der Waals surface area (Å²) in [6.45, 7) is 7.16. The van der Waals surface area contributed by atoms with E-state index in [-0.39, 0.29) is 23.1 Å². The third-order valence-electron chi connectivity index (χ3n) is 6.60. The number of aromatic amines is 1. The first-order chi connectivity index (χ1) is 16.3. The molecule has 0 unspecified atom stereocenters. The minimum absolute atomic E-state index is 0.0405. The number of para-hydroxylation sites is 1. The highest BCUT2D eigenvalue weighted by Crippen LogP contribution is 2.44. The molecule has 34 heavy (non-hydrogen) atoms. The Kier molecular flexibility index (Phi) is 5.48. The van der Waals surface area contributed by atoms with Gasteiger partial charge in [0, 0.05) is 17.7 Å². The molecule has 172 valence electrons. The van der Waals surface area contributed by atoms with Gasteiger partial charge in [0.2, 0.25) is 0 Å². The number of phenols is 1. The zero-order chi connectivity index (χ0) is 23.9. The highest BCUT2D eigenvalue weighted by Gasteiger charge is 2.42. The summed E-state index contributed by atoms with van der Waals surface area (Å²) in [6.07, 6.45) is 0.757. The molecule has 0 fully saturated rings. The number of nitrogens with zero attached hydrogens (tertiary/aromatic N) is 2. The Morgan fingerprint density at radius 1 is 0.941 bits per heavy atom. The van der Waals surface area contributed by atoms with Crippen LogP contribution in [0.2, 0.25) is 0 Å². The molecule has 5 rings (SSSR count). The number of hydrogen-bond donors (Lipinski definition) is 2. The summed E-state index contributed by atoms with van der Waals surface area (Å²) in [5, 5.41) is 18.0. The maximum absolute atomic E-state index is 13.5. The van der Waals surface area contributed by atoms with Crippen molar-refractivity contribution in [2.24, 2.45) is 0 Å². The van der Waals surface area contributed by atoms with Crippen LogP contribution in [-0.4, -0.2) is 32.7 Å². The molecular weight excluding hydrogens is 422 g/mol. The summed E-state index contributed by atoms with van der Waals surface area (Å²) in [6, 6.07) is 25.6. The van der Waals surface area contributed by atoms with Crippen molar-refractivity contribution in [3.63, 3.8) is 0 Å². The molecule has 1 amide bonds. The van der Waals surface area contributed by atoms with Gasteiger partial charge < -0.3 is 10.0 Å². The van der Waals surface area contributed by atoms with Gasteiger partial charge in [-0.15, -0.1) is 0 Å². The standard InChI is InChI=1S/C29H29N3O2/c1-29(2,3)21-15-13-20(14-16-21)27-24-25(22-11-7-8-12-23(22)33)30-31-26(24)28(34)32(27)18-17-19-9-5-4-6-10-19/h4-16,27,33H,17-18H2,1-3H3,(H,30,31)/t27-/m0/s1. The van der Waals surface area contributed by atoms with Gasteiger partial charge in [-0.05, 0) is 40.7 Å². The van der Waals surface area contributed by atoms with Crippen LogP contribution in [0.5, 0.6) is 5.75 Å². The number of hydrogen-bond acceptors (Lipinski definition) is 3. The number of H-pyrrole nitrogens is 1. The second kappa shape index (κ2) is 8.49. The predicted molar refractivity (Wildman–Crippen MR) is 134 cm³/mol. The Balaban J connectivity index is 1.59. The Morgan fingerprint density at radius 2 is 1.62 bits per heavy atom. The summed E-state index contributed by atoms with van der Waals surface area (Å²) in [4.78, 5) is 15.5. The van der Waals surface area contributed by atoms with Crippen molar-refractivity contribution < 1.29 is 9.90 Å². The molecule has 0 radical (unpaired) electrons. The van der Waals surface area contributed by atoms with E-state index in [1.165, 1.54) is 11.1 Å². The lowest BCUT2D eigenvalue weighted by atomic mass is 9.85. The number of aromatic hydroxyl groups is 1. The number of nitrogens with one attached hydrogen (secondary N) is 1. The molecule has 0 bridgehead atoms. The van der Waals surface area contributed by atoms with Crippen LogP contribution in [0.15, 0.2) is 78.9 Å². The third kappa shape index (κ3) is 3.87. The van der Waals surface area contributed by atoms with E-state index in [1.54, 1.807) is 12.1 Å². The molecule has 1 atom stereocenters. The van der Waals surface area contributed by atoms with Crippen molar-refractivity contribution in [1.82, 2.24) is 15.1 Å². The number of carbonyl (C=O) groups excluding carboxylic acids is 1. The number of benzene rings is 3. The Labute approximate surface area is 200 Å². The number of carbonyl (C=O) groups is 1. The monoisotopic (exact) mass is 451 g/mol. The zero-order valence-electron chi connectivity index (χ0n) is 19.7. The Hall–Kier alpha value is -3.86. The molecule has 5 heteroatoms. The maximum atomic E-state index is 13.5. The van der Waals surface area contributed by atoms with E-state index in [1.807, 2.05) is 35.2 Å². The van der Waals surface area contributed by atoms with Crippen molar-refractivity contribution in [2.45, 2.75) is 38.6 Å². The van der Waals surface area contributed by atoms with Crippen LogP contribution in [0.1, 0.15) is 59.6 Å². The van der Waals surface area contributed by atoms with E-state index in [4.69, 9.17) is 0 Å². The Morgan fingerprint density at radius 3 is 2.29 bits per heavy atom. The molecule has 5 nitrogen and oxygen atoms in total. The van der Waals surface area contributed by atoms with Gasteiger partial charge in [0.1, 0.15) is 17.1 Å². The summed E-state index contributed by atoms with van der Waals surface area (Å²) in [5.41, 5.74) is 6.06. The van der Waals surface area contributed by atoms with Crippen molar-refractivity contribution in [3.05, 3.63) is 107 Å². The molecule has 1 aromatic heterocycles. The fraction of sp³-hybridized carbons (Fsp3) is 0.241. The maximum Gasteiger partial charge on any atom is 0.273 e. The van der Waals surface area contributed by atoms with Crippen LogP contribution in [0.25, 0.3) is 11.3 Å². The highest BCUT2D eigenvalue weighted by atomic mass is 16.3. The van der Waals surface area contributed by atoms with Crippen LogP contribution in [0, 0.1) is 0 Å². The lowest BCUT2D eigenvalue weighted by molar-refractivity contribution is 0.0746. The molecule has 0 spiro atoms. The minimum Gasteiger partial charge on any atom is -0.507 e. The van der Waals surface area contributed by atoms with E-state index in [9.17, 15) is 9.90 Å². The first-order valence-electron chi connectivity index (χ1n) is 11.7. The molecule has 3 aromatic carbocycles. The highest BCUT2D eigenvalue weighted by molar-refractivity contribution is 6.00. The number of rotatable bonds is 5. The lowest BCUT2D eigenvalue weighted by Gasteiger charge is -2.27. The summed E-state index contributed by atoms with van der Waals surface area (Å²) >= 11 is 0. The molecule has 2 N–H and O–H groups in total. The summed E-state index contributed by atoms with van der Waals surface area (Å²) in [5.74, 6) is 0.0822. The van der Waals surface area contributed by atoms with Crippen LogP contribution in [0.4, 0.5) is 0 Å². The third-order valence-corrected chi connectivity index (χ3v) is 6.60. The van der Waals surface area contributed by atoms with Gasteiger partial charge in [-0.25, -0.2) is 0 Å². The van der Waals surface area contributed by atoms with Gasteiger partial charge in [-0.2, -0.15) is 5.10 Å². The molecule has 1 aliphatic heterocycles. The van der Waals surface area contributed by atoms with Gasteiger partial charge in [-0.3, -0.25) is 9.89 Å². The number of fused-ring (bicyclic) bond motifs is 1. The molecule has 4 aromatic rings. The van der Waals surface area contributed by atoms with Crippen LogP contribution >= 0.6 is 0 Å². The van der Waals surface area contributed by atoms with Gasteiger partial charge >= 0.3 is 0 Å². The quantitative estimate of drug-likeness (QED) is 0.399. The predicted octanol–water partition coefficient (Wildman–Crippen LogP) is 5.87. The van der Waals surface area contributed by atoms with Crippen LogP contribution in [0.3, 0.4) is 0 Å². The number of amides is 1. The van der Waals surface area contributed by atoms with E-state index in [0.717, 1.165) is 17.5 Å². The van der Waals surface area contributed by atoms with Crippen molar-refractivity contribution in [2.75, 3.05) is 6.54 Å². The normalized spacial score (nSPS) is 15.6. The first kappa shape index (κ1) is 22.0. The topological polar surface area (TPSA) is 69.2 Å². The van der Waals surface area contributed by atoms with Gasteiger partial charge in [0.25, 0.3) is 5.91 Å². The number of aromatic nitrogens is 2. The molecular formula is C29H29N3O2. The van der Waals surface area contributed by atoms with E-state index < -0.39 is 0 Å². The fourth-order valence-electron chi connectivity index (χ4n) is 4.71. The number of phenolic OH excluding ortho intramolecular Hbond substituents is 1. The molecule has 0 aliphatic carbocycles. The summed E-state index contributed by atoms with van der Waals surface area (Å²) < 4.78 is 0. The summed E-state index contributed by atoms with van der Waals surface area (Å²) in [7, 11) is 0. The van der Waals surface area contributed by atoms with Crippen LogP contribution in [-0.2, 0) is 11.8 Å². The second-order valence-corrected chi connectivity index (χ2v) is 9.89. The molecule has 0 saturated carbocycles. The molecule has 2 heterocycles. The Bertz CT molecular complexity index is 1320. The molecule has 0 saturated heterocycles. The van der Waals surface area contributed by atoms with Crippen molar-refractivity contribution >= 4 is 5.91 Å². The van der Waals surface area contributed by atoms with Crippen molar-refractivity contribution in [1.29, 1.82) is 0 Å². The van der Waals surface area contributed by atoms with E-state index >= 15 is 0 Å². The smallest absolute Gasteiger partial charge is 0.273 e. The van der Waals surface area contributed by atoms with E-state index in [0.29, 0.717) is 23.5 Å². The largest absolute Gasteiger partial charge is 0.507 e. The average Bonchev–Trinajstić information content (AvgIpc) is 3.37. The second-order valence-electron chi connectivity index (χ2n) is 9.89. The first-order valence-corrected chi connectivity index (χ1v) is 11.7. The van der Waals surface area contributed by atoms with Gasteiger partial charge in [0.15, 0.2) is 0 Å². The van der Waals surface area contributed by atoms with Gasteiger partial charge in [-0.1, -0.05) is 87.5 Å². The zero-order valence-corrected chi connectivity index (χ0v) is 19.7. The molecule has 1 aliphatic rings. The minimum atomic E-state index is -0.284. The van der Waals surface area contributed by atoms with E-state index in [2.05, 4.69) is 67.4 Å². The average molecular weight is 452 g/mol. The SMILES string of the molecule is CC(C)(C)c1ccc([C@H]2c3c(-c4ccccc4O)n[nH]c3C(=O)N2CCc2ccccc2)cc1. The lowest BCUT2D eigenvalue weighted by Crippen LogP contribution is -2.31. The van der Waals surface area contributed by atoms with Gasteiger partial charge in [0.05, 0.1) is 6.04 Å². The van der Waals surface area contributed by atoms with Crippen molar-refractivity contribution in [3.8, 4) is 17.0 Å². The van der Waals surface area contributed by atoms with Crippen LogP contribution < -0.4 is 0 Å². The fourth-order valence-corrected chi connectivity index (χ4v) is 4.71.